The molecule has 4 heteroatoms. The van der Waals surface area contributed by atoms with Crippen LogP contribution in [0.1, 0.15) is 24.1 Å². The molecule has 0 aliphatic rings. The normalized spacial score (nSPS) is 12.2. The van der Waals surface area contributed by atoms with Gasteiger partial charge in [-0.15, -0.1) is 0 Å². The summed E-state index contributed by atoms with van der Waals surface area (Å²) < 4.78 is 1.01. The Morgan fingerprint density at radius 2 is 1.89 bits per heavy atom. The molecule has 2 aromatic rings. The molecule has 94 valence electrons. The van der Waals surface area contributed by atoms with Crippen molar-refractivity contribution in [1.29, 1.82) is 0 Å². The fraction of sp³-hybridized carbons (Fsp3) is 0.214. The van der Waals surface area contributed by atoms with E-state index in [1.54, 1.807) is 6.20 Å². The predicted molar refractivity (Wildman–Crippen MR) is 79.6 cm³/mol. The summed E-state index contributed by atoms with van der Waals surface area (Å²) in [4.78, 5) is 4.34. The number of nitrogens with two attached hydrogens (primary N) is 1. The molecule has 0 saturated carbocycles. The first kappa shape index (κ1) is 12.9. The van der Waals surface area contributed by atoms with Crippen molar-refractivity contribution in [3.63, 3.8) is 0 Å². The predicted octanol–water partition coefficient (Wildman–Crippen LogP) is 3.91. The van der Waals surface area contributed by atoms with Crippen LogP contribution in [0.4, 0.5) is 11.5 Å². The van der Waals surface area contributed by atoms with Crippen LogP contribution in [0.15, 0.2) is 41.0 Å². The summed E-state index contributed by atoms with van der Waals surface area (Å²) in [6.45, 7) is 4.15. The van der Waals surface area contributed by atoms with Gasteiger partial charge in [0.25, 0.3) is 0 Å². The Bertz CT molecular complexity index is 537. The molecule has 2 rings (SSSR count). The van der Waals surface area contributed by atoms with E-state index in [1.807, 2.05) is 37.3 Å². The van der Waals surface area contributed by atoms with Crippen LogP contribution in [0, 0.1) is 6.92 Å². The molecule has 0 amide bonds. The monoisotopic (exact) mass is 305 g/mol. The molecule has 3 N–H and O–H groups in total. The third-order valence-corrected chi connectivity index (χ3v) is 3.87. The van der Waals surface area contributed by atoms with Crippen molar-refractivity contribution in [2.45, 2.75) is 19.9 Å². The van der Waals surface area contributed by atoms with Gasteiger partial charge in [-0.3, -0.25) is 0 Å². The third kappa shape index (κ3) is 2.82. The molecule has 0 spiro atoms. The average Bonchev–Trinajstić information content (AvgIpc) is 2.36. The lowest BCUT2D eigenvalue weighted by Gasteiger charge is -2.16. The summed E-state index contributed by atoms with van der Waals surface area (Å²) in [6, 6.07) is 10.0. The minimum absolute atomic E-state index is 0.177. The van der Waals surface area contributed by atoms with Gasteiger partial charge in [-0.1, -0.05) is 12.1 Å². The molecule has 0 fully saturated rings. The number of hydrogen-bond donors (Lipinski definition) is 2. The molecule has 0 bridgehead atoms. The molecule has 3 nitrogen and oxygen atoms in total. The molecule has 0 aliphatic carbocycles. The zero-order chi connectivity index (χ0) is 13.1. The SMILES string of the molecule is Cc1ccnc(NC(C)c2ccc(N)cc2)c1Br. The summed E-state index contributed by atoms with van der Waals surface area (Å²) in [6.07, 6.45) is 1.80. The topological polar surface area (TPSA) is 50.9 Å². The summed E-state index contributed by atoms with van der Waals surface area (Å²) >= 11 is 3.55. The van der Waals surface area contributed by atoms with Crippen molar-refractivity contribution >= 4 is 27.4 Å². The Balaban J connectivity index is 2.18. The second-order valence-corrected chi connectivity index (χ2v) is 5.12. The first-order valence-corrected chi connectivity index (χ1v) is 6.60. The molecule has 0 aliphatic heterocycles. The Morgan fingerprint density at radius 1 is 1.22 bits per heavy atom. The fourth-order valence-electron chi connectivity index (χ4n) is 1.71. The minimum atomic E-state index is 0.177. The van der Waals surface area contributed by atoms with E-state index in [4.69, 9.17) is 5.73 Å². The fourth-order valence-corrected chi connectivity index (χ4v) is 2.06. The van der Waals surface area contributed by atoms with Gasteiger partial charge in [-0.05, 0) is 59.1 Å². The Labute approximate surface area is 116 Å². The molecule has 1 aromatic carbocycles. The van der Waals surface area contributed by atoms with Gasteiger partial charge >= 0.3 is 0 Å². The van der Waals surface area contributed by atoms with Crippen molar-refractivity contribution in [3.8, 4) is 0 Å². The van der Waals surface area contributed by atoms with Gasteiger partial charge in [0, 0.05) is 17.9 Å². The molecule has 1 aromatic heterocycles. The van der Waals surface area contributed by atoms with Crippen molar-refractivity contribution in [2.24, 2.45) is 0 Å². The number of benzene rings is 1. The van der Waals surface area contributed by atoms with Crippen LogP contribution < -0.4 is 11.1 Å². The number of nitrogens with zero attached hydrogens (tertiary/aromatic N) is 1. The Kier molecular flexibility index (Phi) is 3.87. The number of halogens is 1. The smallest absolute Gasteiger partial charge is 0.141 e. The van der Waals surface area contributed by atoms with Crippen molar-refractivity contribution in [2.75, 3.05) is 11.1 Å². The van der Waals surface area contributed by atoms with Gasteiger partial charge < -0.3 is 11.1 Å². The maximum absolute atomic E-state index is 5.68. The number of aromatic nitrogens is 1. The zero-order valence-corrected chi connectivity index (χ0v) is 12.0. The van der Waals surface area contributed by atoms with E-state index in [2.05, 4.69) is 33.2 Å². The number of hydrogen-bond acceptors (Lipinski definition) is 3. The lowest BCUT2D eigenvalue weighted by molar-refractivity contribution is 0.872. The van der Waals surface area contributed by atoms with E-state index in [0.29, 0.717) is 0 Å². The van der Waals surface area contributed by atoms with Crippen LogP contribution in [0.25, 0.3) is 0 Å². The van der Waals surface area contributed by atoms with Crippen LogP contribution in [0.3, 0.4) is 0 Å². The molecular weight excluding hydrogens is 290 g/mol. The van der Waals surface area contributed by atoms with E-state index < -0.39 is 0 Å². The molecular formula is C14H16BrN3. The highest BCUT2D eigenvalue weighted by atomic mass is 79.9. The molecule has 18 heavy (non-hydrogen) atoms. The highest BCUT2D eigenvalue weighted by molar-refractivity contribution is 9.10. The van der Waals surface area contributed by atoms with Gasteiger partial charge in [-0.2, -0.15) is 0 Å². The van der Waals surface area contributed by atoms with Crippen molar-refractivity contribution < 1.29 is 0 Å². The number of rotatable bonds is 3. The second kappa shape index (κ2) is 5.40. The van der Waals surface area contributed by atoms with E-state index in [9.17, 15) is 0 Å². The van der Waals surface area contributed by atoms with Crippen molar-refractivity contribution in [1.82, 2.24) is 4.98 Å². The maximum Gasteiger partial charge on any atom is 0.141 e. The van der Waals surface area contributed by atoms with Gasteiger partial charge in [0.2, 0.25) is 0 Å². The Morgan fingerprint density at radius 3 is 2.56 bits per heavy atom. The maximum atomic E-state index is 5.68. The summed E-state index contributed by atoms with van der Waals surface area (Å²) in [5, 5.41) is 3.39. The van der Waals surface area contributed by atoms with Gasteiger partial charge in [0.15, 0.2) is 0 Å². The van der Waals surface area contributed by atoms with Crippen LogP contribution in [0.5, 0.6) is 0 Å². The highest BCUT2D eigenvalue weighted by Gasteiger charge is 2.09. The standard InChI is InChI=1S/C14H16BrN3/c1-9-7-8-17-14(13(9)15)18-10(2)11-3-5-12(16)6-4-11/h3-8,10H,16H2,1-2H3,(H,17,18). The largest absolute Gasteiger partial charge is 0.399 e. The summed E-state index contributed by atoms with van der Waals surface area (Å²) in [5.74, 6) is 0.860. The van der Waals surface area contributed by atoms with E-state index in [1.165, 1.54) is 5.56 Å². The number of pyridine rings is 1. The van der Waals surface area contributed by atoms with Gasteiger partial charge in [0.05, 0.1) is 4.47 Å². The summed E-state index contributed by atoms with van der Waals surface area (Å²) in [5.41, 5.74) is 8.81. The lowest BCUT2D eigenvalue weighted by atomic mass is 10.1. The highest BCUT2D eigenvalue weighted by Crippen LogP contribution is 2.27. The molecule has 0 saturated heterocycles. The minimum Gasteiger partial charge on any atom is -0.399 e. The quantitative estimate of drug-likeness (QED) is 0.845. The van der Waals surface area contributed by atoms with E-state index in [0.717, 1.165) is 21.5 Å². The molecule has 1 atom stereocenters. The van der Waals surface area contributed by atoms with Crippen LogP contribution in [-0.2, 0) is 0 Å². The number of anilines is 2. The van der Waals surface area contributed by atoms with Gasteiger partial charge in [0.1, 0.15) is 5.82 Å². The first-order chi connectivity index (χ1) is 8.58. The van der Waals surface area contributed by atoms with Crippen LogP contribution in [0.2, 0.25) is 0 Å². The zero-order valence-electron chi connectivity index (χ0n) is 10.4. The van der Waals surface area contributed by atoms with E-state index >= 15 is 0 Å². The number of aryl methyl sites for hydroxylation is 1. The number of nitrogens with one attached hydrogen (secondary N) is 1. The second-order valence-electron chi connectivity index (χ2n) is 4.32. The van der Waals surface area contributed by atoms with Crippen LogP contribution >= 0.6 is 15.9 Å². The number of nitrogen functional groups attached to an aromatic ring is 1. The van der Waals surface area contributed by atoms with Crippen LogP contribution in [-0.4, -0.2) is 4.98 Å². The lowest BCUT2D eigenvalue weighted by Crippen LogP contribution is -2.08. The molecule has 1 unspecified atom stereocenters. The summed E-state index contributed by atoms with van der Waals surface area (Å²) in [7, 11) is 0. The first-order valence-electron chi connectivity index (χ1n) is 5.81. The van der Waals surface area contributed by atoms with Crippen molar-refractivity contribution in [3.05, 3.63) is 52.1 Å². The third-order valence-electron chi connectivity index (χ3n) is 2.87. The van der Waals surface area contributed by atoms with Gasteiger partial charge in [-0.25, -0.2) is 4.98 Å². The average molecular weight is 306 g/mol. The molecule has 0 radical (unpaired) electrons. The van der Waals surface area contributed by atoms with E-state index in [-0.39, 0.29) is 6.04 Å². The Hall–Kier alpha value is -1.55. The molecule has 1 heterocycles.